The van der Waals surface area contributed by atoms with Crippen molar-refractivity contribution in [3.05, 3.63) is 243 Å². The topological polar surface area (TPSA) is 19.7 Å². The number of nitrogens with zero attached hydrogens (tertiary/aromatic N) is 4. The molecule has 0 spiro atoms. The van der Waals surface area contributed by atoms with Gasteiger partial charge in [0.05, 0.1) is 49.8 Å². The Morgan fingerprint density at radius 1 is 0.239 bits per heavy atom. The minimum Gasteiger partial charge on any atom is -0.309 e. The van der Waals surface area contributed by atoms with E-state index in [9.17, 15) is 0 Å². The van der Waals surface area contributed by atoms with Gasteiger partial charge in [-0.2, -0.15) is 0 Å². The molecule has 0 radical (unpaired) electrons. The molecule has 0 N–H and O–H groups in total. The van der Waals surface area contributed by atoms with Crippen LogP contribution in [0.25, 0.3) is 141 Å². The number of hydrogen-bond donors (Lipinski definition) is 0. The van der Waals surface area contributed by atoms with Crippen LogP contribution in [0.15, 0.2) is 243 Å². The van der Waals surface area contributed by atoms with Crippen LogP contribution in [0.1, 0.15) is 0 Å². The maximum Gasteiger partial charge on any atom is 0.0619 e. The van der Waals surface area contributed by atoms with E-state index in [0.29, 0.717) is 0 Å². The van der Waals surface area contributed by atoms with Crippen molar-refractivity contribution >= 4 is 119 Å². The van der Waals surface area contributed by atoms with Crippen LogP contribution in [0.2, 0.25) is 0 Å². The molecule has 0 atom stereocenters. The maximum absolute atomic E-state index is 2.55. The standard InChI is InChI=1S/C66H40N4S/c1-2-17-41(18-3-1)67-58-31-13-8-23-51(58)65-60(67)32-16-33-61(65)70-57-30-12-6-21-46(57)49-25-14-26-50(66(49)70)48-24-15-34-63-64(48)53-40-43(36-38-62(53)71-63)69-56-29-11-7-22-47(56)52-39-42(35-37-59(52)69)68-54-27-9-4-19-44(54)45-20-5-10-28-55(45)68/h1-40H. The van der Waals surface area contributed by atoms with E-state index in [2.05, 4.69) is 261 Å². The second kappa shape index (κ2) is 14.7. The Labute approximate surface area is 411 Å². The van der Waals surface area contributed by atoms with E-state index >= 15 is 0 Å². The summed E-state index contributed by atoms with van der Waals surface area (Å²) >= 11 is 1.88. The molecule has 0 saturated carbocycles. The SMILES string of the molecule is c1ccc(-n2c3ccccc3c3c(-n4c5ccccc5c5cccc(-c6cccc7sc8ccc(-n9c%10ccccc%10c%10cc(-n%11c%12ccccc%12c%12ccccc%12%11)ccc%109)cc8c67)c54)cccc32)cc1. The van der Waals surface area contributed by atoms with Gasteiger partial charge in [-0.3, -0.25) is 0 Å². The smallest absolute Gasteiger partial charge is 0.0619 e. The molecule has 0 unspecified atom stereocenters. The molecular weight excluding hydrogens is 881 g/mol. The molecule has 0 aliphatic rings. The van der Waals surface area contributed by atoms with Crippen molar-refractivity contribution in [2.75, 3.05) is 0 Å². The molecule has 4 nitrogen and oxygen atoms in total. The minimum absolute atomic E-state index is 1.15. The van der Waals surface area contributed by atoms with Crippen LogP contribution in [0.5, 0.6) is 0 Å². The normalized spacial score (nSPS) is 12.2. The second-order valence-electron chi connectivity index (χ2n) is 18.8. The third-order valence-electron chi connectivity index (χ3n) is 15.1. The number of benzene rings is 11. The van der Waals surface area contributed by atoms with Crippen molar-refractivity contribution in [2.24, 2.45) is 0 Å². The van der Waals surface area contributed by atoms with E-state index in [4.69, 9.17) is 0 Å². The van der Waals surface area contributed by atoms with Crippen LogP contribution < -0.4 is 0 Å². The maximum atomic E-state index is 2.55. The van der Waals surface area contributed by atoms with E-state index in [0.717, 1.165) is 17.1 Å². The minimum atomic E-state index is 1.15. The van der Waals surface area contributed by atoms with Crippen molar-refractivity contribution in [1.82, 2.24) is 18.3 Å². The zero-order valence-electron chi connectivity index (χ0n) is 38.3. The average molecular weight is 921 g/mol. The number of aromatic nitrogens is 4. The summed E-state index contributed by atoms with van der Waals surface area (Å²) in [5, 5.41) is 12.5. The third-order valence-corrected chi connectivity index (χ3v) is 16.3. The highest BCUT2D eigenvalue weighted by Gasteiger charge is 2.24. The van der Waals surface area contributed by atoms with Gasteiger partial charge in [-0.05, 0) is 103 Å². The van der Waals surface area contributed by atoms with Gasteiger partial charge in [0.15, 0.2) is 0 Å². The van der Waals surface area contributed by atoms with Crippen molar-refractivity contribution in [1.29, 1.82) is 0 Å². The second-order valence-corrected chi connectivity index (χ2v) is 19.9. The number of thiophene rings is 1. The van der Waals surface area contributed by atoms with Gasteiger partial charge in [-0.15, -0.1) is 11.3 Å². The van der Waals surface area contributed by atoms with Crippen LogP contribution in [0.4, 0.5) is 0 Å². The monoisotopic (exact) mass is 920 g/mol. The van der Waals surface area contributed by atoms with Gasteiger partial charge in [0.25, 0.3) is 0 Å². The van der Waals surface area contributed by atoms with E-state index in [-0.39, 0.29) is 0 Å². The highest BCUT2D eigenvalue weighted by Crippen LogP contribution is 2.47. The molecule has 5 heteroatoms. The molecule has 5 aromatic heterocycles. The first-order chi connectivity index (χ1) is 35.3. The Kier molecular flexibility index (Phi) is 8.01. The fourth-order valence-corrected chi connectivity index (χ4v) is 13.4. The largest absolute Gasteiger partial charge is 0.309 e. The highest BCUT2D eigenvalue weighted by atomic mass is 32.1. The van der Waals surface area contributed by atoms with Crippen LogP contribution in [-0.2, 0) is 0 Å². The van der Waals surface area contributed by atoms with Crippen LogP contribution >= 0.6 is 11.3 Å². The molecule has 0 saturated heterocycles. The summed E-state index contributed by atoms with van der Waals surface area (Å²) in [5.74, 6) is 0. The summed E-state index contributed by atoms with van der Waals surface area (Å²) in [6.07, 6.45) is 0. The molecule has 16 aromatic rings. The summed E-state index contributed by atoms with van der Waals surface area (Å²) in [6, 6.07) is 89.7. The van der Waals surface area contributed by atoms with Gasteiger partial charge < -0.3 is 18.3 Å². The first-order valence-electron chi connectivity index (χ1n) is 24.3. The molecular formula is C66H40N4S. The summed E-state index contributed by atoms with van der Waals surface area (Å²) in [5.41, 5.74) is 16.7. The molecule has 11 aromatic carbocycles. The van der Waals surface area contributed by atoms with E-state index in [1.807, 2.05) is 11.3 Å². The molecule has 0 amide bonds. The molecule has 0 aliphatic carbocycles. The molecule has 330 valence electrons. The van der Waals surface area contributed by atoms with Gasteiger partial charge in [0, 0.05) is 85.9 Å². The fraction of sp³-hybridized carbons (Fsp3) is 0. The summed E-state index contributed by atoms with van der Waals surface area (Å²) in [7, 11) is 0. The molecule has 5 heterocycles. The van der Waals surface area contributed by atoms with E-state index in [1.54, 1.807) is 0 Å². The lowest BCUT2D eigenvalue weighted by Gasteiger charge is -2.15. The average Bonchev–Trinajstić information content (AvgIpc) is 4.24. The van der Waals surface area contributed by atoms with Crippen molar-refractivity contribution in [3.63, 3.8) is 0 Å². The number of hydrogen-bond acceptors (Lipinski definition) is 1. The predicted octanol–water partition coefficient (Wildman–Crippen LogP) is 18.1. The van der Waals surface area contributed by atoms with E-state index in [1.165, 1.54) is 124 Å². The zero-order chi connectivity index (χ0) is 46.3. The van der Waals surface area contributed by atoms with Gasteiger partial charge >= 0.3 is 0 Å². The van der Waals surface area contributed by atoms with Crippen molar-refractivity contribution in [2.45, 2.75) is 0 Å². The van der Waals surface area contributed by atoms with E-state index < -0.39 is 0 Å². The summed E-state index contributed by atoms with van der Waals surface area (Å²) in [6.45, 7) is 0. The summed E-state index contributed by atoms with van der Waals surface area (Å²) in [4.78, 5) is 0. The lowest BCUT2D eigenvalue weighted by molar-refractivity contribution is 1.17. The first-order valence-corrected chi connectivity index (χ1v) is 25.2. The third kappa shape index (κ3) is 5.38. The Balaban J connectivity index is 0.933. The zero-order valence-corrected chi connectivity index (χ0v) is 39.1. The van der Waals surface area contributed by atoms with Crippen LogP contribution in [0.3, 0.4) is 0 Å². The van der Waals surface area contributed by atoms with Crippen LogP contribution in [0, 0.1) is 0 Å². The van der Waals surface area contributed by atoms with Crippen molar-refractivity contribution in [3.8, 4) is 33.9 Å². The van der Waals surface area contributed by atoms with Gasteiger partial charge in [-0.1, -0.05) is 146 Å². The number of para-hydroxylation sites is 7. The molecule has 0 fully saturated rings. The van der Waals surface area contributed by atoms with Crippen LogP contribution in [-0.4, -0.2) is 18.3 Å². The van der Waals surface area contributed by atoms with Gasteiger partial charge in [-0.25, -0.2) is 0 Å². The lowest BCUT2D eigenvalue weighted by atomic mass is 9.97. The number of rotatable bonds is 5. The Morgan fingerprint density at radius 3 is 1.39 bits per heavy atom. The number of fused-ring (bicyclic) bond motifs is 15. The lowest BCUT2D eigenvalue weighted by Crippen LogP contribution is -1.98. The fourth-order valence-electron chi connectivity index (χ4n) is 12.3. The van der Waals surface area contributed by atoms with Crippen molar-refractivity contribution < 1.29 is 0 Å². The quantitative estimate of drug-likeness (QED) is 0.164. The summed E-state index contributed by atoms with van der Waals surface area (Å²) < 4.78 is 12.4. The molecule has 71 heavy (non-hydrogen) atoms. The predicted molar refractivity (Wildman–Crippen MR) is 302 cm³/mol. The Bertz CT molecular complexity index is 4830. The molecule has 0 aliphatic heterocycles. The molecule has 0 bridgehead atoms. The molecule has 16 rings (SSSR count). The Hall–Kier alpha value is -9.16. The van der Waals surface area contributed by atoms with Gasteiger partial charge in [0.1, 0.15) is 0 Å². The van der Waals surface area contributed by atoms with Gasteiger partial charge in [0.2, 0.25) is 0 Å². The Morgan fingerprint density at radius 2 is 0.704 bits per heavy atom. The highest BCUT2D eigenvalue weighted by molar-refractivity contribution is 7.26. The first kappa shape index (κ1) is 38.8.